The van der Waals surface area contributed by atoms with E-state index in [9.17, 15) is 9.59 Å². The number of carbonyl (C=O) groups is 2. The molecule has 1 aliphatic rings. The number of thiazole rings is 1. The average molecular weight is 409 g/mol. The van der Waals surface area contributed by atoms with Crippen molar-refractivity contribution >= 4 is 44.7 Å². The summed E-state index contributed by atoms with van der Waals surface area (Å²) in [5.74, 6) is -0.306. The highest BCUT2D eigenvalue weighted by molar-refractivity contribution is 7.18. The number of para-hydroxylation sites is 3. The minimum atomic E-state index is -0.967. The maximum Gasteiger partial charge on any atom is 0.250 e. The number of nitrogens with one attached hydrogen (secondary N) is 1. The summed E-state index contributed by atoms with van der Waals surface area (Å²) < 4.78 is 1.14. The van der Waals surface area contributed by atoms with E-state index in [2.05, 4.69) is 11.4 Å². The molecule has 6 nitrogen and oxygen atoms in total. The van der Waals surface area contributed by atoms with E-state index in [1.165, 1.54) is 0 Å². The van der Waals surface area contributed by atoms with Gasteiger partial charge in [-0.1, -0.05) is 24.3 Å². The monoisotopic (exact) mass is 408 g/mol. The molecule has 150 valence electrons. The predicted octanol–water partition coefficient (Wildman–Crippen LogP) is 4.05. The van der Waals surface area contributed by atoms with Gasteiger partial charge in [0.05, 0.1) is 34.2 Å². The smallest absolute Gasteiger partial charge is 0.250 e. The Morgan fingerprint density at radius 1 is 1.21 bits per heavy atom. The minimum absolute atomic E-state index is 0.0201. The van der Waals surface area contributed by atoms with Gasteiger partial charge in [-0.3, -0.25) is 19.4 Å². The van der Waals surface area contributed by atoms with Gasteiger partial charge in [-0.25, -0.2) is 4.98 Å². The Morgan fingerprint density at radius 2 is 1.90 bits per heavy atom. The molecular formula is C22H24N4O2S. The molecule has 4 rings (SSSR count). The summed E-state index contributed by atoms with van der Waals surface area (Å²) >= 11 is 1.64. The molecule has 0 saturated heterocycles. The van der Waals surface area contributed by atoms with Crippen LogP contribution < -0.4 is 10.2 Å². The normalized spacial score (nSPS) is 16.6. The molecular weight excluding hydrogens is 384 g/mol. The van der Waals surface area contributed by atoms with Crippen molar-refractivity contribution in [2.45, 2.75) is 32.4 Å². The number of nitrogens with zero attached hydrogens (tertiary/aromatic N) is 3. The van der Waals surface area contributed by atoms with Crippen LogP contribution in [0.15, 0.2) is 48.5 Å². The van der Waals surface area contributed by atoms with Crippen LogP contribution in [0.3, 0.4) is 0 Å². The summed E-state index contributed by atoms with van der Waals surface area (Å²) in [7, 11) is 1.91. The van der Waals surface area contributed by atoms with Crippen molar-refractivity contribution in [3.8, 4) is 0 Å². The maximum absolute atomic E-state index is 13.3. The van der Waals surface area contributed by atoms with Gasteiger partial charge in [0.1, 0.15) is 10.5 Å². The van der Waals surface area contributed by atoms with Gasteiger partial charge in [0.2, 0.25) is 11.8 Å². The third-order valence-electron chi connectivity index (χ3n) is 5.47. The number of hydrogen-bond acceptors (Lipinski definition) is 5. The number of benzene rings is 2. The largest absolute Gasteiger partial charge is 0.322 e. The molecule has 0 spiro atoms. The Labute approximate surface area is 174 Å². The molecule has 2 amide bonds. The highest BCUT2D eigenvalue weighted by atomic mass is 32.1. The van der Waals surface area contributed by atoms with Gasteiger partial charge in [-0.05, 0) is 52.1 Å². The lowest BCUT2D eigenvalue weighted by atomic mass is 9.96. The molecule has 0 aliphatic carbocycles. The molecule has 0 unspecified atom stereocenters. The lowest BCUT2D eigenvalue weighted by Crippen LogP contribution is -2.60. The van der Waals surface area contributed by atoms with Crippen LogP contribution in [0.1, 0.15) is 31.8 Å². The number of anilines is 2. The first-order chi connectivity index (χ1) is 13.8. The van der Waals surface area contributed by atoms with Crippen molar-refractivity contribution < 1.29 is 9.59 Å². The Bertz CT molecular complexity index is 1060. The summed E-state index contributed by atoms with van der Waals surface area (Å²) in [5, 5.41) is 3.87. The fraction of sp³-hybridized carbons (Fsp3) is 0.318. The third kappa shape index (κ3) is 3.41. The van der Waals surface area contributed by atoms with E-state index < -0.39 is 5.54 Å². The first-order valence-electron chi connectivity index (χ1n) is 9.58. The number of hydrogen-bond donors (Lipinski definition) is 1. The van der Waals surface area contributed by atoms with Crippen LogP contribution in [-0.4, -0.2) is 40.8 Å². The van der Waals surface area contributed by atoms with Crippen LogP contribution in [0, 0.1) is 0 Å². The number of amides is 2. The Kier molecular flexibility index (Phi) is 4.88. The summed E-state index contributed by atoms with van der Waals surface area (Å²) in [6.07, 6.45) is 0. The molecule has 2 aromatic carbocycles. The fourth-order valence-electron chi connectivity index (χ4n) is 3.58. The third-order valence-corrected chi connectivity index (χ3v) is 6.68. The summed E-state index contributed by atoms with van der Waals surface area (Å²) in [6, 6.07) is 15.4. The zero-order chi connectivity index (χ0) is 20.8. The second kappa shape index (κ2) is 7.24. The molecule has 0 radical (unpaired) electrons. The Balaban J connectivity index is 1.58. The average Bonchev–Trinajstić information content (AvgIpc) is 3.12. The minimum Gasteiger partial charge on any atom is -0.322 e. The summed E-state index contributed by atoms with van der Waals surface area (Å²) in [5.41, 5.74) is 1.39. The van der Waals surface area contributed by atoms with E-state index in [4.69, 9.17) is 4.98 Å². The lowest BCUT2D eigenvalue weighted by Gasteiger charge is -2.42. The molecule has 1 aromatic heterocycles. The van der Waals surface area contributed by atoms with Crippen LogP contribution in [-0.2, 0) is 9.59 Å². The Morgan fingerprint density at radius 3 is 2.66 bits per heavy atom. The van der Waals surface area contributed by atoms with Gasteiger partial charge in [0.15, 0.2) is 0 Å². The van der Waals surface area contributed by atoms with Crippen LogP contribution in [0.2, 0.25) is 0 Å². The fourth-order valence-corrected chi connectivity index (χ4v) is 4.66. The van der Waals surface area contributed by atoms with E-state index in [0.29, 0.717) is 5.69 Å². The second-order valence-corrected chi connectivity index (χ2v) is 8.93. The SMILES string of the molecule is C[C@@H](c1nc2ccccc2s1)N(C)CC(=O)N1c2ccccc2NC(=O)C1(C)C. The highest BCUT2D eigenvalue weighted by Gasteiger charge is 2.43. The number of rotatable bonds is 4. The van der Waals surface area contributed by atoms with E-state index in [0.717, 1.165) is 20.9 Å². The van der Waals surface area contributed by atoms with Gasteiger partial charge < -0.3 is 5.32 Å². The van der Waals surface area contributed by atoms with Crippen molar-refractivity contribution in [3.05, 3.63) is 53.5 Å². The van der Waals surface area contributed by atoms with Gasteiger partial charge in [-0.15, -0.1) is 11.3 Å². The van der Waals surface area contributed by atoms with Crippen molar-refractivity contribution in [2.75, 3.05) is 23.8 Å². The number of aromatic nitrogens is 1. The van der Waals surface area contributed by atoms with Crippen molar-refractivity contribution in [3.63, 3.8) is 0 Å². The summed E-state index contributed by atoms with van der Waals surface area (Å²) in [6.45, 7) is 5.77. The van der Waals surface area contributed by atoms with Crippen LogP contribution in [0.25, 0.3) is 10.2 Å². The van der Waals surface area contributed by atoms with Crippen molar-refractivity contribution in [1.29, 1.82) is 0 Å². The number of likely N-dealkylation sites (N-methyl/N-ethyl adjacent to an activating group) is 1. The van der Waals surface area contributed by atoms with Crippen molar-refractivity contribution in [2.24, 2.45) is 0 Å². The van der Waals surface area contributed by atoms with Gasteiger partial charge >= 0.3 is 0 Å². The summed E-state index contributed by atoms with van der Waals surface area (Å²) in [4.78, 5) is 34.2. The zero-order valence-corrected chi connectivity index (χ0v) is 17.8. The first kappa shape index (κ1) is 19.5. The predicted molar refractivity (Wildman–Crippen MR) is 117 cm³/mol. The highest BCUT2D eigenvalue weighted by Crippen LogP contribution is 2.37. The molecule has 1 N–H and O–H groups in total. The first-order valence-corrected chi connectivity index (χ1v) is 10.4. The van der Waals surface area contributed by atoms with E-state index >= 15 is 0 Å². The van der Waals surface area contributed by atoms with Gasteiger partial charge in [-0.2, -0.15) is 0 Å². The molecule has 29 heavy (non-hydrogen) atoms. The second-order valence-electron chi connectivity index (χ2n) is 7.87. The van der Waals surface area contributed by atoms with Crippen LogP contribution >= 0.6 is 11.3 Å². The quantitative estimate of drug-likeness (QED) is 0.707. The molecule has 0 fully saturated rings. The lowest BCUT2D eigenvalue weighted by molar-refractivity contribution is -0.127. The molecule has 0 saturated carbocycles. The number of fused-ring (bicyclic) bond motifs is 2. The van der Waals surface area contributed by atoms with E-state index in [1.54, 1.807) is 30.1 Å². The molecule has 1 atom stereocenters. The van der Waals surface area contributed by atoms with Crippen molar-refractivity contribution in [1.82, 2.24) is 9.88 Å². The standard InChI is InChI=1S/C22H24N4O2S/c1-14(20-23-16-10-6-8-12-18(16)29-20)25(4)13-19(27)26-17-11-7-5-9-15(17)24-21(28)22(26,2)3/h5-12,14H,13H2,1-4H3,(H,24,28)/t14-/m0/s1. The zero-order valence-electron chi connectivity index (χ0n) is 17.0. The molecule has 3 aromatic rings. The maximum atomic E-state index is 13.3. The van der Waals surface area contributed by atoms with Gasteiger partial charge in [0.25, 0.3) is 0 Å². The molecule has 7 heteroatoms. The molecule has 0 bridgehead atoms. The van der Waals surface area contributed by atoms with Crippen LogP contribution in [0.4, 0.5) is 11.4 Å². The topological polar surface area (TPSA) is 65.5 Å². The number of carbonyl (C=O) groups excluding carboxylic acids is 2. The van der Waals surface area contributed by atoms with Crippen LogP contribution in [0.5, 0.6) is 0 Å². The molecule has 1 aliphatic heterocycles. The van der Waals surface area contributed by atoms with E-state index in [-0.39, 0.29) is 24.4 Å². The molecule has 2 heterocycles. The van der Waals surface area contributed by atoms with E-state index in [1.807, 2.05) is 61.3 Å². The van der Waals surface area contributed by atoms with Gasteiger partial charge in [0, 0.05) is 0 Å². The Hall–Kier alpha value is -2.77.